The molecule has 134 heavy (non-hydrogen) atoms. The van der Waals surface area contributed by atoms with Crippen LogP contribution in [0.4, 0.5) is 0 Å². The lowest BCUT2D eigenvalue weighted by Crippen LogP contribution is -2.64. The molecule has 730 valence electrons. The van der Waals surface area contributed by atoms with Crippen molar-refractivity contribution >= 4 is 115 Å². The Morgan fingerprint density at radius 3 is 1.19 bits per heavy atom. The van der Waals surface area contributed by atoms with Gasteiger partial charge in [-0.05, 0) is 161 Å². The van der Waals surface area contributed by atoms with Gasteiger partial charge in [0.1, 0.15) is 78.5 Å². The average Bonchev–Trinajstić information content (AvgIpc) is 0.907. The molecule has 0 bridgehead atoms. The summed E-state index contributed by atoms with van der Waals surface area (Å²) in [6, 6.07) is 22.8. The molecule has 16 atom stereocenters. The van der Waals surface area contributed by atoms with Gasteiger partial charge in [-0.3, -0.25) is 62.3 Å². The van der Waals surface area contributed by atoms with Gasteiger partial charge in [-0.2, -0.15) is 0 Å². The predicted octanol–water partition coefficient (Wildman–Crippen LogP) is -0.428. The number of likely N-dealkylation sites (N-methyl/N-ethyl adjacent to an activating group) is 1. The molecule has 0 aromatic heterocycles. The monoisotopic (exact) mass is 1890 g/mol. The van der Waals surface area contributed by atoms with Gasteiger partial charge < -0.3 is 123 Å². The topological polar surface area (TPSA) is 610 Å². The van der Waals surface area contributed by atoms with Crippen LogP contribution in [0.3, 0.4) is 0 Å². The molecular formula is C95H135N19O18S2. The zero-order valence-electron chi connectivity index (χ0n) is 76.7. The fourth-order valence-corrected chi connectivity index (χ4v) is 17.3. The Hall–Kier alpha value is -11.5. The number of nitrogens with zero attached hydrogens (tertiary/aromatic N) is 1. The van der Waals surface area contributed by atoms with Crippen LogP contribution >= 0.6 is 21.6 Å². The molecule has 0 saturated carbocycles. The summed E-state index contributed by atoms with van der Waals surface area (Å²) < 4.78 is 0. The number of carboxylic acid groups (broad SMARTS) is 1. The summed E-state index contributed by atoms with van der Waals surface area (Å²) in [6.07, 6.45) is -2.27. The second-order valence-corrected chi connectivity index (χ2v) is 36.4. The number of hydrogen-bond donors (Lipinski definition) is 22. The molecular weight excluding hydrogens is 1760 g/mol. The Bertz CT molecular complexity index is 4780. The molecule has 1 aliphatic heterocycles. The van der Waals surface area contributed by atoms with E-state index in [1.54, 1.807) is 109 Å². The van der Waals surface area contributed by atoms with Gasteiger partial charge in [-0.15, -0.1) is 0 Å². The van der Waals surface area contributed by atoms with E-state index in [1.165, 1.54) is 6.92 Å². The Morgan fingerprint density at radius 1 is 0.403 bits per heavy atom. The van der Waals surface area contributed by atoms with Crippen LogP contribution in [-0.4, -0.2) is 262 Å². The number of nitrogens with two attached hydrogens (primary N) is 5. The molecule has 0 aliphatic carbocycles. The summed E-state index contributed by atoms with van der Waals surface area (Å²) >= 11 is 0. The van der Waals surface area contributed by atoms with Gasteiger partial charge in [0.2, 0.25) is 76.8 Å². The van der Waals surface area contributed by atoms with Crippen LogP contribution in [0.15, 0.2) is 158 Å². The van der Waals surface area contributed by atoms with E-state index in [9.17, 15) is 44.4 Å². The molecule has 27 N–H and O–H groups in total. The fraction of sp³-hybridized carbons (Fsp3) is 0.495. The van der Waals surface area contributed by atoms with Crippen LogP contribution in [-0.2, 0) is 106 Å². The van der Waals surface area contributed by atoms with Crippen LogP contribution < -0.4 is 97.8 Å². The first kappa shape index (κ1) is 110. The minimum absolute atomic E-state index is 0.0151. The number of fused-ring (bicyclic) bond motifs is 1. The molecule has 7 rings (SSSR count). The van der Waals surface area contributed by atoms with E-state index >= 15 is 43.2 Å². The molecule has 1 aliphatic rings. The smallest absolute Gasteiger partial charge is 0.326 e. The summed E-state index contributed by atoms with van der Waals surface area (Å²) in [5.74, 6) is -15.0. The molecule has 0 spiro atoms. The highest BCUT2D eigenvalue weighted by atomic mass is 33.1. The Balaban J connectivity index is 1.34. The maximum Gasteiger partial charge on any atom is 0.326 e. The predicted molar refractivity (Wildman–Crippen MR) is 513 cm³/mol. The number of carbonyl (C=O) groups excluding carboxylic acids is 13. The van der Waals surface area contributed by atoms with Gasteiger partial charge in [0.25, 0.3) is 0 Å². The molecule has 39 heteroatoms. The highest BCUT2D eigenvalue weighted by Gasteiger charge is 2.41. The molecule has 1 saturated heterocycles. The maximum absolute atomic E-state index is 15.7. The number of aliphatic hydroxyl groups excluding tert-OH is 3. The van der Waals surface area contributed by atoms with Gasteiger partial charge in [0, 0.05) is 63.2 Å². The lowest BCUT2D eigenvalue weighted by Gasteiger charge is -2.32. The van der Waals surface area contributed by atoms with E-state index < -0.39 is 192 Å². The number of unbranched alkanes of at least 4 members (excludes halogenated alkanes) is 4. The summed E-state index contributed by atoms with van der Waals surface area (Å²) in [6.45, 7) is 6.33. The molecule has 1 heterocycles. The van der Waals surface area contributed by atoms with Crippen molar-refractivity contribution in [2.45, 2.75) is 246 Å². The van der Waals surface area contributed by atoms with Crippen molar-refractivity contribution in [2.75, 3.05) is 51.3 Å². The fourth-order valence-electron chi connectivity index (χ4n) is 14.9. The number of benzene rings is 6. The van der Waals surface area contributed by atoms with E-state index in [1.807, 2.05) is 62.4 Å². The Kier molecular flexibility index (Phi) is 47.4. The van der Waals surface area contributed by atoms with Crippen molar-refractivity contribution in [3.05, 3.63) is 191 Å². The van der Waals surface area contributed by atoms with Gasteiger partial charge in [-0.1, -0.05) is 193 Å². The van der Waals surface area contributed by atoms with Crippen molar-refractivity contribution in [1.29, 1.82) is 0 Å². The van der Waals surface area contributed by atoms with Crippen LogP contribution in [0.5, 0.6) is 0 Å². The summed E-state index contributed by atoms with van der Waals surface area (Å²) in [5, 5.41) is 81.4. The minimum atomic E-state index is -2.02. The number of hydrogen-bond acceptors (Lipinski definition) is 25. The lowest BCUT2D eigenvalue weighted by atomic mass is 9.98. The second kappa shape index (κ2) is 57.9. The van der Waals surface area contributed by atoms with Gasteiger partial charge in [-0.25, -0.2) is 4.79 Å². The first-order valence-corrected chi connectivity index (χ1v) is 48.1. The summed E-state index contributed by atoms with van der Waals surface area (Å²) in [7, 11) is 2.96. The van der Waals surface area contributed by atoms with Gasteiger partial charge >= 0.3 is 5.97 Å². The van der Waals surface area contributed by atoms with E-state index in [2.05, 4.69) is 69.1 Å². The normalized spacial score (nSPS) is 21.8. The van der Waals surface area contributed by atoms with Crippen molar-refractivity contribution in [3.63, 3.8) is 0 Å². The van der Waals surface area contributed by atoms with Crippen molar-refractivity contribution in [2.24, 2.45) is 28.7 Å². The zero-order chi connectivity index (χ0) is 97.8. The maximum atomic E-state index is 15.7. The highest BCUT2D eigenvalue weighted by molar-refractivity contribution is 8.76. The van der Waals surface area contributed by atoms with Crippen molar-refractivity contribution in [1.82, 2.24) is 74.0 Å². The third-order valence-corrected chi connectivity index (χ3v) is 25.1. The molecule has 1 fully saturated rings. The van der Waals surface area contributed by atoms with Crippen LogP contribution in [0.25, 0.3) is 10.8 Å². The molecule has 0 unspecified atom stereocenters. The SMILES string of the molecule is CC(C)NCc1ccc(C[C@@H]2NC(=O)[C@@H](Cc3ccc4ccccc4c3)NC(=O)[C@H](Cc3ccccc3)NC(=O)[C@H](Cc3ccccc3)NC(=O)[C@H](CCCCN)NC(=O)[C@@H](N)CSSC[C@@H](C(=O)N[C@@H](CCCCN)C(=O)N[C@@H](CCCCN)C(=O)N[C@@H](CCCCN)C(=O)O)N(C)C(=O)[C@H](CO)NC(=O)[C@H]([C@@H](C)O)NC(=O)[C@H](Cc3ccccc3)NC(=O)[C@H]([C@@H](C)O)NC2=O)cc1. The Labute approximate surface area is 789 Å². The van der Waals surface area contributed by atoms with E-state index in [0.29, 0.717) is 72.9 Å². The van der Waals surface area contributed by atoms with Crippen LogP contribution in [0.2, 0.25) is 0 Å². The van der Waals surface area contributed by atoms with E-state index in [4.69, 9.17) is 28.7 Å². The number of nitrogens with one attached hydrogen (secondary N) is 13. The van der Waals surface area contributed by atoms with Gasteiger partial charge in [0.15, 0.2) is 0 Å². The van der Waals surface area contributed by atoms with Crippen LogP contribution in [0, 0.1) is 0 Å². The van der Waals surface area contributed by atoms with Crippen molar-refractivity contribution in [3.8, 4) is 0 Å². The lowest BCUT2D eigenvalue weighted by molar-refractivity contribution is -0.143. The molecule has 6 aromatic carbocycles. The zero-order valence-corrected chi connectivity index (χ0v) is 78.3. The summed E-state index contributed by atoms with van der Waals surface area (Å²) in [4.78, 5) is 209. The summed E-state index contributed by atoms with van der Waals surface area (Å²) in [5.41, 5.74) is 33.5. The van der Waals surface area contributed by atoms with Crippen LogP contribution in [0.1, 0.15) is 138 Å². The van der Waals surface area contributed by atoms with Gasteiger partial charge in [0.05, 0.1) is 24.9 Å². The van der Waals surface area contributed by atoms with Crippen molar-refractivity contribution < 1.29 is 87.5 Å². The first-order chi connectivity index (χ1) is 64.2. The quantitative estimate of drug-likeness (QED) is 0.0172. The first-order valence-electron chi connectivity index (χ1n) is 45.6. The molecule has 6 aromatic rings. The number of aliphatic hydroxyl groups is 3. The molecule has 13 amide bonds. The highest BCUT2D eigenvalue weighted by Crippen LogP contribution is 2.26. The number of rotatable bonds is 39. The largest absolute Gasteiger partial charge is 0.480 e. The third-order valence-electron chi connectivity index (χ3n) is 22.7. The number of amides is 13. The van der Waals surface area contributed by atoms with E-state index in [-0.39, 0.29) is 109 Å². The number of aliphatic carboxylic acids is 1. The number of carboxylic acids is 1. The average molecular weight is 1900 g/mol. The number of carbonyl (C=O) groups is 14. The standard InChI is InChI=1S/C95H135N19O18S2/c1-57(2)101-53-64-39-37-63(38-40-64)51-75-89(125)112-80(58(3)116)92(128)110-76(50-62-29-13-8-14-30-62)90(126)113-81(59(4)117)93(129)111-78(54-115)94(130)114(5)79(91(127)104-71(35-19-23-45-98)83(119)103-70(34-18-22-44-97)84(120)105-72(95(131)132)36-20-24-46-99)56-134-133-55-68(100)82(118)102-69(33-17-21-43-96)85(121)106-73(48-60-25-9-6-10-26-60)86(122)107-74(49-61-27-11-7-12-28-61)87(123)109-77(88(124)108-75)52-65-41-42-66-31-15-16-32-67(66)47-65/h6-16,25-32,37-42,47,57-59,68-81,101,115-117H,17-24,33-36,43-46,48-56,96-100H2,1-5H3,(H,102,118)(H,103,119)(H,104,127)(H,105,120)(H,106,121)(H,107,122)(H,108,124)(H,109,123)(H,110,128)(H,111,129)(H,112,125)(H,113,126)(H,131,132)/t58-,59-,68+,69+,70+,71+,72+,73+,74+,75+,76+,77-,78+,79+,80+,81+/m1/s1. The molecule has 37 nitrogen and oxygen atoms in total. The minimum Gasteiger partial charge on any atom is -0.480 e. The molecule has 0 radical (unpaired) electrons. The second-order valence-electron chi connectivity index (χ2n) is 33.9. The Morgan fingerprint density at radius 2 is 0.754 bits per heavy atom. The third kappa shape index (κ3) is 36.7. The van der Waals surface area contributed by atoms with E-state index in [0.717, 1.165) is 56.8 Å².